The van der Waals surface area contributed by atoms with Gasteiger partial charge in [0, 0.05) is 11.1 Å². The third-order valence-electron chi connectivity index (χ3n) is 5.04. The fraction of sp³-hybridized carbons (Fsp3) is 0.615. The lowest BCUT2D eigenvalue weighted by Crippen LogP contribution is -2.17. The average Bonchev–Trinajstić information content (AvgIpc) is 2.70. The lowest BCUT2D eigenvalue weighted by atomic mass is 9.78. The largest absolute Gasteiger partial charge is 0.507 e. The second-order valence-corrected chi connectivity index (χ2v) is 14.4. The van der Waals surface area contributed by atoms with Crippen molar-refractivity contribution in [2.45, 2.75) is 80.1 Å². The van der Waals surface area contributed by atoms with Crippen LogP contribution in [-0.4, -0.2) is 31.5 Å². The quantitative estimate of drug-likeness (QED) is 0.214. The monoisotopic (exact) mass is 530 g/mol. The Bertz CT molecular complexity index is 911. The van der Waals surface area contributed by atoms with Gasteiger partial charge >= 0.3 is 15.2 Å². The number of phenolic OH excluding ortho intramolecular Hbond substituents is 1. The second-order valence-electron chi connectivity index (χ2n) is 10.0. The molecule has 1 aromatic carbocycles. The summed E-state index contributed by atoms with van der Waals surface area (Å²) in [6.45, 7) is 19.4. The number of benzene rings is 1. The van der Waals surface area contributed by atoms with Crippen LogP contribution in [-0.2, 0) is 38.1 Å². The third-order valence-corrected chi connectivity index (χ3v) is 10.3. The number of hydrogen-bond acceptors (Lipinski definition) is 7. The predicted molar refractivity (Wildman–Crippen MR) is 144 cm³/mol. The first-order chi connectivity index (χ1) is 16.1. The van der Waals surface area contributed by atoms with Gasteiger partial charge in [-0.05, 0) is 62.3 Å². The molecule has 0 aliphatic carbocycles. The highest BCUT2D eigenvalue weighted by Gasteiger charge is 2.44. The summed E-state index contributed by atoms with van der Waals surface area (Å²) in [5, 5.41) is 10.8. The minimum atomic E-state index is -3.95. The number of allylic oxidation sites excluding steroid dienone is 2. The molecule has 0 radical (unpaired) electrons. The first-order valence-electron chi connectivity index (χ1n) is 12.1. The van der Waals surface area contributed by atoms with Crippen molar-refractivity contribution in [2.75, 3.05) is 26.4 Å². The Labute approximate surface area is 212 Å². The van der Waals surface area contributed by atoms with E-state index in [0.717, 1.165) is 16.7 Å². The smallest absolute Gasteiger partial charge is 0.369 e. The van der Waals surface area contributed by atoms with Crippen LogP contribution < -0.4 is 0 Å². The van der Waals surface area contributed by atoms with Gasteiger partial charge in [-0.1, -0.05) is 53.7 Å². The molecule has 0 aromatic heterocycles. The summed E-state index contributed by atoms with van der Waals surface area (Å²) in [4.78, 5) is 0. The molecule has 0 atom stereocenters. The van der Waals surface area contributed by atoms with Crippen molar-refractivity contribution in [1.29, 1.82) is 0 Å². The Kier molecular flexibility index (Phi) is 11.7. The van der Waals surface area contributed by atoms with E-state index in [9.17, 15) is 14.2 Å². The minimum Gasteiger partial charge on any atom is -0.507 e. The van der Waals surface area contributed by atoms with E-state index in [0.29, 0.717) is 0 Å². The van der Waals surface area contributed by atoms with Gasteiger partial charge in [0.25, 0.3) is 0 Å². The van der Waals surface area contributed by atoms with Crippen molar-refractivity contribution in [3.05, 3.63) is 46.0 Å². The highest BCUT2D eigenvalue weighted by Crippen LogP contribution is 2.73. The van der Waals surface area contributed by atoms with Crippen LogP contribution in [0.15, 0.2) is 29.3 Å². The van der Waals surface area contributed by atoms with Crippen molar-refractivity contribution in [3.63, 3.8) is 0 Å². The molecule has 1 aromatic rings. The summed E-state index contributed by atoms with van der Waals surface area (Å²) in [6, 6.07) is 3.84. The summed E-state index contributed by atoms with van der Waals surface area (Å²) >= 11 is 0. The molecule has 0 saturated heterocycles. The van der Waals surface area contributed by atoms with Crippen molar-refractivity contribution in [2.24, 2.45) is 0 Å². The van der Waals surface area contributed by atoms with Crippen LogP contribution in [0.1, 0.15) is 85.9 Å². The van der Waals surface area contributed by atoms with Crippen molar-refractivity contribution >= 4 is 21.3 Å². The Morgan fingerprint density at radius 1 is 0.771 bits per heavy atom. The molecular weight excluding hydrogens is 486 g/mol. The molecule has 0 aliphatic heterocycles. The maximum atomic E-state index is 13.7. The molecular formula is C26H44O7P2. The summed E-state index contributed by atoms with van der Waals surface area (Å²) in [5.41, 5.74) is 1.90. The average molecular weight is 531 g/mol. The summed E-state index contributed by atoms with van der Waals surface area (Å²) in [5.74, 6) is 0.285. The number of rotatable bonds is 12. The molecule has 0 fully saturated rings. The van der Waals surface area contributed by atoms with Gasteiger partial charge in [-0.25, -0.2) is 0 Å². The third kappa shape index (κ3) is 8.42. The van der Waals surface area contributed by atoms with Gasteiger partial charge in [0.2, 0.25) is 0 Å². The molecule has 200 valence electrons. The number of phenols is 1. The van der Waals surface area contributed by atoms with Gasteiger partial charge in [-0.2, -0.15) is 0 Å². The molecule has 0 unspecified atom stereocenters. The van der Waals surface area contributed by atoms with E-state index in [1.807, 2.05) is 53.7 Å². The summed E-state index contributed by atoms with van der Waals surface area (Å²) < 4.78 is 49.2. The van der Waals surface area contributed by atoms with Crippen molar-refractivity contribution < 1.29 is 32.3 Å². The normalized spacial score (nSPS) is 13.4. The van der Waals surface area contributed by atoms with Crippen LogP contribution in [0.2, 0.25) is 0 Å². The van der Waals surface area contributed by atoms with E-state index in [1.54, 1.807) is 39.8 Å². The van der Waals surface area contributed by atoms with Gasteiger partial charge < -0.3 is 23.2 Å². The first-order valence-corrected chi connectivity index (χ1v) is 15.2. The molecule has 9 heteroatoms. The Hall–Kier alpha value is -1.20. The summed E-state index contributed by atoms with van der Waals surface area (Å²) in [7, 11) is -7.91. The number of hydrogen-bond donors (Lipinski definition) is 1. The Morgan fingerprint density at radius 2 is 1.11 bits per heavy atom. The molecule has 1 N–H and O–H groups in total. The van der Waals surface area contributed by atoms with Crippen LogP contribution in [0, 0.1) is 0 Å². The van der Waals surface area contributed by atoms with Gasteiger partial charge in [-0.15, -0.1) is 0 Å². The zero-order valence-electron chi connectivity index (χ0n) is 23.0. The fourth-order valence-corrected chi connectivity index (χ4v) is 7.96. The van der Waals surface area contributed by atoms with Gasteiger partial charge in [-0.3, -0.25) is 9.13 Å². The molecule has 0 saturated carbocycles. The van der Waals surface area contributed by atoms with E-state index in [4.69, 9.17) is 18.1 Å². The molecule has 0 spiro atoms. The zero-order chi connectivity index (χ0) is 27.1. The molecule has 1 rings (SSSR count). The van der Waals surface area contributed by atoms with Crippen molar-refractivity contribution in [1.82, 2.24) is 0 Å². The fourth-order valence-electron chi connectivity index (χ4n) is 3.49. The van der Waals surface area contributed by atoms with E-state index in [1.165, 1.54) is 6.08 Å². The number of aromatic hydroxyl groups is 1. The maximum absolute atomic E-state index is 13.7. The van der Waals surface area contributed by atoms with E-state index < -0.39 is 15.2 Å². The van der Waals surface area contributed by atoms with Crippen LogP contribution in [0.25, 0.3) is 6.08 Å². The van der Waals surface area contributed by atoms with Gasteiger partial charge in [0.1, 0.15) is 5.75 Å². The highest BCUT2D eigenvalue weighted by molar-refractivity contribution is 7.78. The van der Waals surface area contributed by atoms with Crippen molar-refractivity contribution in [3.8, 4) is 5.75 Å². The highest BCUT2D eigenvalue weighted by atomic mass is 31.2. The summed E-state index contributed by atoms with van der Waals surface area (Å²) in [6.07, 6.45) is 4.88. The topological polar surface area (TPSA) is 91.3 Å². The van der Waals surface area contributed by atoms with Crippen LogP contribution in [0.5, 0.6) is 5.75 Å². The lowest BCUT2D eigenvalue weighted by molar-refractivity contribution is 0.214. The molecule has 0 bridgehead atoms. The molecule has 0 amide bonds. The van der Waals surface area contributed by atoms with E-state index >= 15 is 0 Å². The lowest BCUT2D eigenvalue weighted by Gasteiger charge is -2.28. The first kappa shape index (κ1) is 31.8. The van der Waals surface area contributed by atoms with Gasteiger partial charge in [0.15, 0.2) is 5.06 Å². The zero-order valence-corrected chi connectivity index (χ0v) is 24.8. The van der Waals surface area contributed by atoms with Crippen LogP contribution in [0.3, 0.4) is 0 Å². The van der Waals surface area contributed by atoms with Crippen LogP contribution in [0.4, 0.5) is 0 Å². The Balaban J connectivity index is 3.77. The second kappa shape index (κ2) is 12.9. The van der Waals surface area contributed by atoms with E-state index in [-0.39, 0.29) is 48.1 Å². The predicted octanol–water partition coefficient (Wildman–Crippen LogP) is 8.37. The minimum absolute atomic E-state index is 0.0957. The standard InChI is InChI=1S/C26H44O7P2/c1-11-30-34(28,31-12-2)23(35(29,32-13-3)33-14-4)17-15-16-20-18-21(25(5,6)7)24(27)22(19-20)26(8,9)10/h15-19,27H,11-14H2,1-10H3. The maximum Gasteiger partial charge on any atom is 0.369 e. The van der Waals surface area contributed by atoms with Crippen LogP contribution >= 0.6 is 15.2 Å². The molecule has 35 heavy (non-hydrogen) atoms. The van der Waals surface area contributed by atoms with E-state index in [2.05, 4.69) is 0 Å². The Morgan fingerprint density at radius 3 is 1.40 bits per heavy atom. The molecule has 0 heterocycles. The SMILES string of the molecule is CCOP(=O)(OCC)C(=CC=Cc1cc(C(C)(C)C)c(O)c(C(C)(C)C)c1)P(=O)(OCC)OCC. The molecule has 7 nitrogen and oxygen atoms in total. The molecule has 0 aliphatic rings. The van der Waals surface area contributed by atoms with Gasteiger partial charge in [0.05, 0.1) is 26.4 Å².